The number of thiophene rings is 1. The van der Waals surface area contributed by atoms with E-state index in [0.717, 1.165) is 10.4 Å². The highest BCUT2D eigenvalue weighted by Crippen LogP contribution is 2.34. The Balaban J connectivity index is 3.19. The van der Waals surface area contributed by atoms with Gasteiger partial charge < -0.3 is 10.1 Å². The van der Waals surface area contributed by atoms with E-state index in [9.17, 15) is 9.59 Å². The summed E-state index contributed by atoms with van der Waals surface area (Å²) in [5.41, 5.74) is 1.24. The molecular formula is C11H13Cl2NO3S. The van der Waals surface area contributed by atoms with E-state index in [1.54, 1.807) is 0 Å². The highest BCUT2D eigenvalue weighted by Gasteiger charge is 2.24. The summed E-state index contributed by atoms with van der Waals surface area (Å²) in [5.74, 6) is -1.04. The molecule has 0 fully saturated rings. The van der Waals surface area contributed by atoms with E-state index in [1.807, 2.05) is 13.8 Å². The van der Waals surface area contributed by atoms with E-state index >= 15 is 0 Å². The minimum Gasteiger partial charge on any atom is -0.465 e. The molecule has 1 aromatic heterocycles. The van der Waals surface area contributed by atoms with Crippen LogP contribution in [-0.2, 0) is 16.0 Å². The van der Waals surface area contributed by atoms with Gasteiger partial charge >= 0.3 is 5.97 Å². The topological polar surface area (TPSA) is 55.4 Å². The SMILES string of the molecule is CCc1c(C)sc(NC(=O)C(Cl)Cl)c1C(=O)OC. The van der Waals surface area contributed by atoms with Crippen LogP contribution in [0.3, 0.4) is 0 Å². The molecule has 18 heavy (non-hydrogen) atoms. The Morgan fingerprint density at radius 2 is 2.06 bits per heavy atom. The summed E-state index contributed by atoms with van der Waals surface area (Å²) in [6.45, 7) is 3.81. The molecule has 1 heterocycles. The number of halogens is 2. The lowest BCUT2D eigenvalue weighted by atomic mass is 10.1. The standard InChI is InChI=1S/C11H13Cl2NO3S/c1-4-6-5(2)18-10(7(6)11(16)17-3)14-9(15)8(12)13/h8H,4H2,1-3H3,(H,14,15). The highest BCUT2D eigenvalue weighted by atomic mass is 35.5. The van der Waals surface area contributed by atoms with Crippen molar-refractivity contribution in [2.24, 2.45) is 0 Å². The smallest absolute Gasteiger partial charge is 0.341 e. The molecule has 1 rings (SSSR count). The molecule has 0 aliphatic rings. The largest absolute Gasteiger partial charge is 0.465 e. The second-order valence-electron chi connectivity index (χ2n) is 3.48. The molecule has 0 aromatic carbocycles. The number of hydrogen-bond acceptors (Lipinski definition) is 4. The Kier molecular flexibility index (Phi) is 5.44. The molecule has 4 nitrogen and oxygen atoms in total. The second kappa shape index (κ2) is 6.41. The maximum Gasteiger partial charge on any atom is 0.341 e. The van der Waals surface area contributed by atoms with Gasteiger partial charge in [0.2, 0.25) is 0 Å². The van der Waals surface area contributed by atoms with E-state index in [0.29, 0.717) is 17.0 Å². The molecule has 0 aliphatic heterocycles. The minimum absolute atomic E-state index is 0.379. The van der Waals surface area contributed by atoms with Crippen molar-refractivity contribution in [1.29, 1.82) is 0 Å². The van der Waals surface area contributed by atoms with Gasteiger partial charge in [0, 0.05) is 4.88 Å². The number of hydrogen-bond donors (Lipinski definition) is 1. The van der Waals surface area contributed by atoms with Crippen LogP contribution in [0.4, 0.5) is 5.00 Å². The molecule has 100 valence electrons. The average molecular weight is 310 g/mol. The summed E-state index contributed by atoms with van der Waals surface area (Å²) in [5, 5.41) is 2.96. The van der Waals surface area contributed by atoms with Gasteiger partial charge in [-0.3, -0.25) is 4.79 Å². The molecule has 0 aliphatic carbocycles. The zero-order valence-corrected chi connectivity index (χ0v) is 12.5. The van der Waals surface area contributed by atoms with Gasteiger partial charge in [-0.25, -0.2) is 4.79 Å². The number of methoxy groups -OCH3 is 1. The number of ether oxygens (including phenoxy) is 1. The van der Waals surface area contributed by atoms with Crippen molar-refractivity contribution >= 4 is 51.4 Å². The maximum absolute atomic E-state index is 11.7. The molecule has 0 atom stereocenters. The Bertz CT molecular complexity index is 471. The fourth-order valence-corrected chi connectivity index (χ4v) is 2.82. The lowest BCUT2D eigenvalue weighted by Crippen LogP contribution is -2.19. The van der Waals surface area contributed by atoms with Crippen molar-refractivity contribution in [1.82, 2.24) is 0 Å². The summed E-state index contributed by atoms with van der Waals surface area (Å²) in [4.78, 5) is 23.0. The van der Waals surface area contributed by atoms with Crippen molar-refractivity contribution in [3.63, 3.8) is 0 Å². The number of rotatable bonds is 4. The first-order valence-electron chi connectivity index (χ1n) is 5.21. The van der Waals surface area contributed by atoms with E-state index < -0.39 is 16.7 Å². The normalized spacial score (nSPS) is 10.6. The molecule has 0 saturated heterocycles. The molecule has 0 unspecified atom stereocenters. The van der Waals surface area contributed by atoms with Crippen LogP contribution in [0.2, 0.25) is 0 Å². The first-order chi connectivity index (χ1) is 8.42. The number of carbonyl (C=O) groups is 2. The van der Waals surface area contributed by atoms with E-state index in [1.165, 1.54) is 18.4 Å². The van der Waals surface area contributed by atoms with Crippen LogP contribution in [0.15, 0.2) is 0 Å². The molecule has 0 radical (unpaired) electrons. The van der Waals surface area contributed by atoms with Gasteiger partial charge in [0.25, 0.3) is 5.91 Å². The summed E-state index contributed by atoms with van der Waals surface area (Å²) >= 11 is 12.2. The Morgan fingerprint density at radius 3 is 2.50 bits per heavy atom. The van der Waals surface area contributed by atoms with Crippen LogP contribution in [0.5, 0.6) is 0 Å². The summed E-state index contributed by atoms with van der Waals surface area (Å²) < 4.78 is 4.73. The van der Waals surface area contributed by atoms with Crippen LogP contribution < -0.4 is 5.32 Å². The number of aryl methyl sites for hydroxylation is 1. The first kappa shape index (κ1) is 15.3. The Labute approximate surface area is 119 Å². The minimum atomic E-state index is -1.18. The van der Waals surface area contributed by atoms with Crippen molar-refractivity contribution < 1.29 is 14.3 Å². The number of carbonyl (C=O) groups excluding carboxylic acids is 2. The molecule has 0 spiro atoms. The van der Waals surface area contributed by atoms with Crippen molar-refractivity contribution in [3.8, 4) is 0 Å². The Morgan fingerprint density at radius 1 is 1.44 bits per heavy atom. The first-order valence-corrected chi connectivity index (χ1v) is 6.90. The van der Waals surface area contributed by atoms with Gasteiger partial charge in [-0.1, -0.05) is 30.1 Å². The van der Waals surface area contributed by atoms with Crippen molar-refractivity contribution in [3.05, 3.63) is 16.0 Å². The summed E-state index contributed by atoms with van der Waals surface area (Å²) in [6.07, 6.45) is 0.674. The van der Waals surface area contributed by atoms with Gasteiger partial charge in [0.15, 0.2) is 4.84 Å². The van der Waals surface area contributed by atoms with Crippen molar-refractivity contribution in [2.75, 3.05) is 12.4 Å². The number of esters is 1. The molecule has 7 heteroatoms. The zero-order valence-electron chi connectivity index (χ0n) is 10.2. The number of nitrogens with one attached hydrogen (secondary N) is 1. The highest BCUT2D eigenvalue weighted by molar-refractivity contribution is 7.16. The third-order valence-corrected chi connectivity index (χ3v) is 3.85. The van der Waals surface area contributed by atoms with E-state index in [-0.39, 0.29) is 0 Å². The third kappa shape index (κ3) is 3.16. The zero-order chi connectivity index (χ0) is 13.9. The fourth-order valence-electron chi connectivity index (χ4n) is 1.58. The van der Waals surface area contributed by atoms with Crippen LogP contribution >= 0.6 is 34.5 Å². The van der Waals surface area contributed by atoms with Gasteiger partial charge in [-0.05, 0) is 18.9 Å². The van der Waals surface area contributed by atoms with Crippen LogP contribution in [0.1, 0.15) is 27.7 Å². The molecule has 0 saturated carbocycles. The predicted molar refractivity (Wildman–Crippen MR) is 73.9 cm³/mol. The van der Waals surface area contributed by atoms with E-state index in [2.05, 4.69) is 5.32 Å². The van der Waals surface area contributed by atoms with Crippen LogP contribution in [0, 0.1) is 6.92 Å². The molecular weight excluding hydrogens is 297 g/mol. The van der Waals surface area contributed by atoms with Gasteiger partial charge in [-0.15, -0.1) is 11.3 Å². The van der Waals surface area contributed by atoms with E-state index in [4.69, 9.17) is 27.9 Å². The quantitative estimate of drug-likeness (QED) is 0.686. The lowest BCUT2D eigenvalue weighted by molar-refractivity contribution is -0.114. The maximum atomic E-state index is 11.7. The fraction of sp³-hybridized carbons (Fsp3) is 0.455. The third-order valence-electron chi connectivity index (χ3n) is 2.39. The summed E-state index contributed by atoms with van der Waals surface area (Å²) in [7, 11) is 1.30. The predicted octanol–water partition coefficient (Wildman–Crippen LogP) is 3.15. The molecule has 0 bridgehead atoms. The number of amides is 1. The number of alkyl halides is 2. The van der Waals surface area contributed by atoms with Crippen LogP contribution in [-0.4, -0.2) is 23.8 Å². The summed E-state index contributed by atoms with van der Waals surface area (Å²) in [6, 6.07) is 0. The van der Waals surface area contributed by atoms with Gasteiger partial charge in [0.1, 0.15) is 5.00 Å². The second-order valence-corrected chi connectivity index (χ2v) is 5.80. The monoisotopic (exact) mass is 309 g/mol. The van der Waals surface area contributed by atoms with Crippen LogP contribution in [0.25, 0.3) is 0 Å². The van der Waals surface area contributed by atoms with Gasteiger partial charge in [-0.2, -0.15) is 0 Å². The van der Waals surface area contributed by atoms with Gasteiger partial charge in [0.05, 0.1) is 12.7 Å². The number of anilines is 1. The Hall–Kier alpha value is -0.780. The molecule has 1 N–H and O–H groups in total. The average Bonchev–Trinajstić information content (AvgIpc) is 2.63. The molecule has 1 amide bonds. The lowest BCUT2D eigenvalue weighted by Gasteiger charge is -2.06. The van der Waals surface area contributed by atoms with Crippen molar-refractivity contribution in [2.45, 2.75) is 25.1 Å². The molecule has 1 aromatic rings.